The second kappa shape index (κ2) is 5.20. The summed E-state index contributed by atoms with van der Waals surface area (Å²) in [5.74, 6) is -4.13. The first-order chi connectivity index (χ1) is 11.2. The van der Waals surface area contributed by atoms with Crippen LogP contribution in [-0.2, 0) is 14.4 Å². The van der Waals surface area contributed by atoms with Gasteiger partial charge in [-0.3, -0.25) is 24.6 Å². The summed E-state index contributed by atoms with van der Waals surface area (Å²) in [4.78, 5) is 37.7. The maximum atomic E-state index is 12.5. The number of nitrogens with one attached hydrogen (secondary N) is 1. The first kappa shape index (κ1) is 16.3. The van der Waals surface area contributed by atoms with Crippen molar-refractivity contribution in [1.29, 1.82) is 0 Å². The highest BCUT2D eigenvalue weighted by Crippen LogP contribution is 2.50. The van der Waals surface area contributed by atoms with Crippen molar-refractivity contribution in [1.82, 2.24) is 10.2 Å². The van der Waals surface area contributed by atoms with Crippen LogP contribution in [0.1, 0.15) is 18.5 Å². The molecule has 1 aromatic rings. The molecule has 3 N–H and O–H groups in total. The van der Waals surface area contributed by atoms with Gasteiger partial charge in [-0.1, -0.05) is 12.1 Å². The monoisotopic (exact) mass is 334 g/mol. The Morgan fingerprint density at radius 3 is 2.58 bits per heavy atom. The van der Waals surface area contributed by atoms with Crippen LogP contribution in [0.25, 0.3) is 0 Å². The first-order valence-corrected chi connectivity index (χ1v) is 7.42. The first-order valence-electron chi connectivity index (χ1n) is 7.42. The number of carboxylic acid groups (broad SMARTS) is 1. The summed E-state index contributed by atoms with van der Waals surface area (Å²) in [7, 11) is 2.73. The normalized spacial score (nSPS) is 32.1. The predicted octanol–water partition coefficient (Wildman–Crippen LogP) is 0.119. The molecule has 2 amide bonds. The van der Waals surface area contributed by atoms with E-state index in [-0.39, 0.29) is 11.5 Å². The molecule has 1 aromatic carbocycles. The van der Waals surface area contributed by atoms with Gasteiger partial charge in [0, 0.05) is 18.7 Å². The van der Waals surface area contributed by atoms with Gasteiger partial charge in [-0.2, -0.15) is 0 Å². The van der Waals surface area contributed by atoms with Crippen molar-refractivity contribution < 1.29 is 29.3 Å². The zero-order chi connectivity index (χ0) is 17.8. The van der Waals surface area contributed by atoms with Crippen LogP contribution in [0.3, 0.4) is 0 Å². The van der Waals surface area contributed by atoms with E-state index in [1.807, 2.05) is 0 Å². The maximum Gasteiger partial charge on any atom is 0.324 e. The Bertz CT molecular complexity index is 748. The standard InChI is InChI=1S/C16H18N2O6/c1-16(15(22)23)10-9(13(20)18(2)14(10)21)11(17-16)7-5-4-6-8(24-3)12(7)19/h4-6,9-11,17,19H,1-3H3,(H,22,23)/t9-,10+,11+,16+/m1/s1. The van der Waals surface area contributed by atoms with Gasteiger partial charge in [-0.25, -0.2) is 0 Å². The summed E-state index contributed by atoms with van der Waals surface area (Å²) < 4.78 is 5.07. The maximum absolute atomic E-state index is 12.5. The van der Waals surface area contributed by atoms with Gasteiger partial charge in [0.1, 0.15) is 5.54 Å². The third kappa shape index (κ3) is 1.92. The Hall–Kier alpha value is -2.61. The number of carbonyl (C=O) groups is 3. The fraction of sp³-hybridized carbons (Fsp3) is 0.438. The highest BCUT2D eigenvalue weighted by Gasteiger charge is 2.66. The van der Waals surface area contributed by atoms with E-state index in [0.29, 0.717) is 5.56 Å². The number of amides is 2. The number of carbonyl (C=O) groups excluding carboxylic acids is 2. The van der Waals surface area contributed by atoms with Crippen LogP contribution in [0, 0.1) is 11.8 Å². The van der Waals surface area contributed by atoms with Crippen LogP contribution in [0.5, 0.6) is 11.5 Å². The molecule has 0 aromatic heterocycles. The Morgan fingerprint density at radius 1 is 1.33 bits per heavy atom. The minimum Gasteiger partial charge on any atom is -0.504 e. The van der Waals surface area contributed by atoms with E-state index < -0.39 is 41.2 Å². The number of ether oxygens (including phenoxy) is 1. The lowest BCUT2D eigenvalue weighted by Crippen LogP contribution is -2.53. The molecule has 0 aliphatic carbocycles. The number of nitrogens with zero attached hydrogens (tertiary/aromatic N) is 1. The van der Waals surface area contributed by atoms with Crippen LogP contribution < -0.4 is 10.1 Å². The van der Waals surface area contributed by atoms with E-state index in [2.05, 4.69) is 5.32 Å². The molecule has 0 saturated carbocycles. The van der Waals surface area contributed by atoms with Gasteiger partial charge in [0.15, 0.2) is 11.5 Å². The average Bonchev–Trinajstić information content (AvgIpc) is 2.98. The third-order valence-corrected chi connectivity index (χ3v) is 5.04. The molecule has 2 heterocycles. The average molecular weight is 334 g/mol. The van der Waals surface area contributed by atoms with Crippen molar-refractivity contribution in [2.24, 2.45) is 11.8 Å². The number of hydrogen-bond acceptors (Lipinski definition) is 6. The molecule has 128 valence electrons. The summed E-state index contributed by atoms with van der Waals surface area (Å²) in [6.07, 6.45) is 0. The van der Waals surface area contributed by atoms with Crippen LogP contribution >= 0.6 is 0 Å². The predicted molar refractivity (Wildman–Crippen MR) is 81.3 cm³/mol. The highest BCUT2D eigenvalue weighted by molar-refractivity contribution is 6.09. The minimum atomic E-state index is -1.61. The minimum absolute atomic E-state index is 0.180. The fourth-order valence-corrected chi connectivity index (χ4v) is 3.70. The SMILES string of the molecule is COc1cccc([C@@H]2N[C@](C)(C(=O)O)[C@@H]3C(=O)N(C)C(=O)[C@H]32)c1O. The molecule has 2 aliphatic heterocycles. The Balaban J connectivity index is 2.15. The number of phenols is 1. The molecule has 2 saturated heterocycles. The largest absolute Gasteiger partial charge is 0.504 e. The molecule has 0 radical (unpaired) electrons. The molecule has 8 heteroatoms. The van der Waals surface area contributed by atoms with Crippen molar-refractivity contribution in [2.75, 3.05) is 14.2 Å². The van der Waals surface area contributed by atoms with Gasteiger partial charge in [0.25, 0.3) is 0 Å². The summed E-state index contributed by atoms with van der Waals surface area (Å²) in [5.41, 5.74) is -1.28. The number of fused-ring (bicyclic) bond motifs is 1. The van der Waals surface area contributed by atoms with Gasteiger partial charge in [-0.05, 0) is 13.0 Å². The molecule has 2 fully saturated rings. The van der Waals surface area contributed by atoms with Crippen molar-refractivity contribution in [3.8, 4) is 11.5 Å². The topological polar surface area (TPSA) is 116 Å². The lowest BCUT2D eigenvalue weighted by Gasteiger charge is -2.26. The molecule has 0 bridgehead atoms. The van der Waals surface area contributed by atoms with Gasteiger partial charge < -0.3 is 14.9 Å². The zero-order valence-corrected chi connectivity index (χ0v) is 13.4. The van der Waals surface area contributed by atoms with Crippen molar-refractivity contribution in [3.63, 3.8) is 0 Å². The summed E-state index contributed by atoms with van der Waals surface area (Å²) in [6, 6.07) is 3.95. The van der Waals surface area contributed by atoms with Crippen molar-refractivity contribution in [3.05, 3.63) is 23.8 Å². The van der Waals surface area contributed by atoms with E-state index in [1.165, 1.54) is 21.1 Å². The second-order valence-corrected chi connectivity index (χ2v) is 6.27. The van der Waals surface area contributed by atoms with Gasteiger partial charge in [0.2, 0.25) is 11.8 Å². The van der Waals surface area contributed by atoms with E-state index in [4.69, 9.17) is 4.74 Å². The highest BCUT2D eigenvalue weighted by atomic mass is 16.5. The Kier molecular flexibility index (Phi) is 3.52. The van der Waals surface area contributed by atoms with Crippen LogP contribution in [0.2, 0.25) is 0 Å². The number of imide groups is 1. The van der Waals surface area contributed by atoms with E-state index >= 15 is 0 Å². The molecule has 0 spiro atoms. The van der Waals surface area contributed by atoms with Gasteiger partial charge in [-0.15, -0.1) is 0 Å². The zero-order valence-electron chi connectivity index (χ0n) is 13.4. The lowest BCUT2D eigenvalue weighted by molar-refractivity contribution is -0.150. The fourth-order valence-electron chi connectivity index (χ4n) is 3.70. The summed E-state index contributed by atoms with van der Waals surface area (Å²) >= 11 is 0. The molecule has 0 unspecified atom stereocenters. The smallest absolute Gasteiger partial charge is 0.324 e. The Labute approximate surface area is 138 Å². The number of aliphatic carboxylic acids is 1. The number of aromatic hydroxyl groups is 1. The van der Waals surface area contributed by atoms with E-state index in [9.17, 15) is 24.6 Å². The molecule has 4 atom stereocenters. The lowest BCUT2D eigenvalue weighted by atomic mass is 9.80. The molecule has 2 aliphatic rings. The number of para-hydroxylation sites is 1. The molecule has 24 heavy (non-hydrogen) atoms. The quantitative estimate of drug-likeness (QED) is 0.672. The van der Waals surface area contributed by atoms with Crippen LogP contribution in [0.4, 0.5) is 0 Å². The number of rotatable bonds is 3. The number of hydrogen-bond donors (Lipinski definition) is 3. The molecular formula is C16H18N2O6. The van der Waals surface area contributed by atoms with E-state index in [1.54, 1.807) is 18.2 Å². The summed E-state index contributed by atoms with van der Waals surface area (Å²) in [6.45, 7) is 1.38. The van der Waals surface area contributed by atoms with Crippen molar-refractivity contribution in [2.45, 2.75) is 18.5 Å². The number of carboxylic acids is 1. The third-order valence-electron chi connectivity index (χ3n) is 5.04. The molecule has 3 rings (SSSR count). The molecule has 8 nitrogen and oxygen atoms in total. The van der Waals surface area contributed by atoms with Crippen molar-refractivity contribution >= 4 is 17.8 Å². The second-order valence-electron chi connectivity index (χ2n) is 6.27. The summed E-state index contributed by atoms with van der Waals surface area (Å²) in [5, 5.41) is 22.9. The molecular weight excluding hydrogens is 316 g/mol. The van der Waals surface area contributed by atoms with Crippen LogP contribution in [0.15, 0.2) is 18.2 Å². The number of likely N-dealkylation sites (tertiary alicyclic amines) is 1. The Morgan fingerprint density at radius 2 is 2.00 bits per heavy atom. The van der Waals surface area contributed by atoms with Crippen LogP contribution in [-0.4, -0.2) is 52.6 Å². The van der Waals surface area contributed by atoms with Gasteiger partial charge in [0.05, 0.1) is 18.9 Å². The number of methoxy groups -OCH3 is 1. The van der Waals surface area contributed by atoms with E-state index in [0.717, 1.165) is 4.90 Å². The van der Waals surface area contributed by atoms with Gasteiger partial charge >= 0.3 is 5.97 Å². The number of phenolic OH excluding ortho intramolecular Hbond substituents is 1. The number of benzene rings is 1.